The highest BCUT2D eigenvalue weighted by molar-refractivity contribution is 8.26. The van der Waals surface area contributed by atoms with Crippen LogP contribution in [0.2, 0.25) is 0 Å². The van der Waals surface area contributed by atoms with Gasteiger partial charge in [-0.3, -0.25) is 28.5 Å². The first-order chi connectivity index (χ1) is 18.4. The molecule has 0 saturated carbocycles. The van der Waals surface area contributed by atoms with E-state index in [1.807, 2.05) is 0 Å². The monoisotopic (exact) mass is 553 g/mol. The highest BCUT2D eigenvalue weighted by Crippen LogP contribution is 2.35. The smallest absolute Gasteiger partial charge is 0.308 e. The van der Waals surface area contributed by atoms with E-state index >= 15 is 0 Å². The van der Waals surface area contributed by atoms with E-state index in [2.05, 4.69) is 5.32 Å². The lowest BCUT2D eigenvalue weighted by molar-refractivity contribution is -0.145. The zero-order valence-electron chi connectivity index (χ0n) is 20.3. The maximum Gasteiger partial charge on any atom is 0.308 e. The van der Waals surface area contributed by atoms with Crippen LogP contribution in [0.15, 0.2) is 56.9 Å². The zero-order valence-corrected chi connectivity index (χ0v) is 21.9. The summed E-state index contributed by atoms with van der Waals surface area (Å²) >= 11 is 6.50. The summed E-state index contributed by atoms with van der Waals surface area (Å²) in [6.07, 6.45) is 4.32. The molecule has 196 valence electrons. The Kier molecular flexibility index (Phi) is 7.29. The second kappa shape index (κ2) is 10.8. The highest BCUT2D eigenvalue weighted by atomic mass is 32.2. The number of fused-ring (bicyclic) bond motifs is 1. The van der Waals surface area contributed by atoms with Crippen molar-refractivity contribution in [2.75, 3.05) is 24.6 Å². The van der Waals surface area contributed by atoms with Crippen LogP contribution in [-0.4, -0.2) is 62.1 Å². The molecular weight excluding hydrogens is 530 g/mol. The molecule has 0 unspecified atom stereocenters. The van der Waals surface area contributed by atoms with Gasteiger partial charge in [-0.25, -0.2) is 4.98 Å². The third-order valence-corrected chi connectivity index (χ3v) is 7.44. The fourth-order valence-corrected chi connectivity index (χ4v) is 5.55. The van der Waals surface area contributed by atoms with E-state index < -0.39 is 17.6 Å². The van der Waals surface area contributed by atoms with Gasteiger partial charge in [0.2, 0.25) is 5.91 Å². The summed E-state index contributed by atoms with van der Waals surface area (Å²) in [6.45, 7) is 2.60. The molecule has 3 aromatic heterocycles. The molecule has 1 atom stereocenters. The van der Waals surface area contributed by atoms with Crippen LogP contribution in [0, 0.1) is 0 Å². The number of carbonyl (C=O) groups is 3. The standard InChI is InChI=1S/C25H23N5O6S2/c1-2-35-20(31)13-17-22(32)26-8-10-28(17)21-16(23(33)29-9-4-3-7-19(29)27-21)12-18-24(34)30(25(37)38-18)14-15-6-5-11-36-15/h3-7,9,11-12,17H,2,8,10,13-14H2,1H3,(H,26,32)/b18-12-/t17-/m0/s1. The summed E-state index contributed by atoms with van der Waals surface area (Å²) in [6, 6.07) is 7.62. The summed E-state index contributed by atoms with van der Waals surface area (Å²) < 4.78 is 12.1. The highest BCUT2D eigenvalue weighted by Gasteiger charge is 2.37. The largest absolute Gasteiger partial charge is 0.467 e. The predicted molar refractivity (Wildman–Crippen MR) is 144 cm³/mol. The van der Waals surface area contributed by atoms with Crippen molar-refractivity contribution in [3.63, 3.8) is 0 Å². The molecule has 11 nitrogen and oxygen atoms in total. The summed E-state index contributed by atoms with van der Waals surface area (Å²) in [7, 11) is 0. The number of thiocarbonyl (C=S) groups is 1. The van der Waals surface area contributed by atoms with Crippen molar-refractivity contribution in [1.82, 2.24) is 19.6 Å². The number of nitrogens with zero attached hydrogens (tertiary/aromatic N) is 4. The number of esters is 1. The number of furan rings is 1. The number of carbonyl (C=O) groups excluding carboxylic acids is 3. The molecule has 5 heterocycles. The number of aromatic nitrogens is 2. The summed E-state index contributed by atoms with van der Waals surface area (Å²) in [5.74, 6) is -0.537. The van der Waals surface area contributed by atoms with Crippen LogP contribution in [0.3, 0.4) is 0 Å². The predicted octanol–water partition coefficient (Wildman–Crippen LogP) is 1.95. The van der Waals surface area contributed by atoms with E-state index in [0.29, 0.717) is 28.8 Å². The molecule has 2 aliphatic heterocycles. The first-order valence-corrected chi connectivity index (χ1v) is 13.1. The Morgan fingerprint density at radius 1 is 1.29 bits per heavy atom. The number of nitrogens with one attached hydrogen (secondary N) is 1. The van der Waals surface area contributed by atoms with Crippen LogP contribution in [-0.2, 0) is 25.7 Å². The van der Waals surface area contributed by atoms with Crippen LogP contribution in [0.1, 0.15) is 24.7 Å². The first-order valence-electron chi connectivity index (χ1n) is 11.9. The Morgan fingerprint density at radius 2 is 2.13 bits per heavy atom. The summed E-state index contributed by atoms with van der Waals surface area (Å²) in [4.78, 5) is 60.1. The quantitative estimate of drug-likeness (QED) is 0.264. The lowest BCUT2D eigenvalue weighted by atomic mass is 10.1. The second-order valence-electron chi connectivity index (χ2n) is 8.44. The summed E-state index contributed by atoms with van der Waals surface area (Å²) in [5.41, 5.74) is 0.0365. The molecule has 2 aliphatic rings. The normalized spacial score (nSPS) is 18.9. The molecule has 3 aromatic rings. The van der Waals surface area contributed by atoms with Crippen molar-refractivity contribution < 1.29 is 23.5 Å². The number of hydrogen-bond donors (Lipinski definition) is 1. The minimum atomic E-state index is -0.943. The maximum atomic E-state index is 13.7. The Balaban J connectivity index is 1.60. The van der Waals surface area contributed by atoms with Crippen LogP contribution in [0.25, 0.3) is 11.7 Å². The van der Waals surface area contributed by atoms with Crippen molar-refractivity contribution >= 4 is 63.6 Å². The average molecular weight is 554 g/mol. The molecule has 0 bridgehead atoms. The first kappa shape index (κ1) is 25.7. The van der Waals surface area contributed by atoms with Gasteiger partial charge in [0.25, 0.3) is 11.5 Å². The van der Waals surface area contributed by atoms with Crippen LogP contribution < -0.4 is 15.8 Å². The van der Waals surface area contributed by atoms with Gasteiger partial charge in [-0.2, -0.15) is 0 Å². The number of amides is 2. The lowest BCUT2D eigenvalue weighted by Gasteiger charge is -2.36. The third kappa shape index (κ3) is 4.94. The van der Waals surface area contributed by atoms with E-state index in [9.17, 15) is 19.2 Å². The van der Waals surface area contributed by atoms with E-state index in [0.717, 1.165) is 11.8 Å². The van der Waals surface area contributed by atoms with Gasteiger partial charge in [-0.15, -0.1) is 0 Å². The Morgan fingerprint density at radius 3 is 2.89 bits per heavy atom. The van der Waals surface area contributed by atoms with Crippen molar-refractivity contribution in [2.45, 2.75) is 25.9 Å². The number of hydrogen-bond acceptors (Lipinski definition) is 10. The van der Waals surface area contributed by atoms with Gasteiger partial charge in [0.15, 0.2) is 0 Å². The molecule has 2 saturated heterocycles. The van der Waals surface area contributed by atoms with Gasteiger partial charge >= 0.3 is 5.97 Å². The van der Waals surface area contributed by atoms with E-state index in [-0.39, 0.29) is 47.7 Å². The molecule has 0 spiro atoms. The minimum Gasteiger partial charge on any atom is -0.467 e. The molecule has 1 N–H and O–H groups in total. The lowest BCUT2D eigenvalue weighted by Crippen LogP contribution is -2.57. The van der Waals surface area contributed by atoms with E-state index in [4.69, 9.17) is 26.4 Å². The fraction of sp³-hybridized carbons (Fsp3) is 0.280. The van der Waals surface area contributed by atoms with Gasteiger partial charge in [0.05, 0.1) is 36.3 Å². The molecule has 0 aliphatic carbocycles. The number of pyridine rings is 1. The molecule has 0 radical (unpaired) electrons. The van der Waals surface area contributed by atoms with E-state index in [1.165, 1.54) is 21.6 Å². The molecule has 0 aromatic carbocycles. The van der Waals surface area contributed by atoms with Crippen LogP contribution >= 0.6 is 24.0 Å². The molecule has 38 heavy (non-hydrogen) atoms. The third-order valence-electron chi connectivity index (χ3n) is 6.06. The van der Waals surface area contributed by atoms with Gasteiger partial charge < -0.3 is 19.4 Å². The van der Waals surface area contributed by atoms with Gasteiger partial charge in [0, 0.05) is 19.3 Å². The van der Waals surface area contributed by atoms with Gasteiger partial charge in [0.1, 0.15) is 27.6 Å². The minimum absolute atomic E-state index is 0.107. The molecule has 5 rings (SSSR count). The maximum absolute atomic E-state index is 13.7. The van der Waals surface area contributed by atoms with Gasteiger partial charge in [-0.05, 0) is 37.3 Å². The van der Waals surface area contributed by atoms with Gasteiger partial charge in [-0.1, -0.05) is 30.0 Å². The number of rotatable bonds is 7. The Hall–Kier alpha value is -3.97. The van der Waals surface area contributed by atoms with Crippen LogP contribution in [0.4, 0.5) is 5.82 Å². The molecule has 2 fully saturated rings. The zero-order chi connectivity index (χ0) is 26.8. The molecular formula is C25H23N5O6S2. The number of thioether (sulfide) groups is 1. The van der Waals surface area contributed by atoms with Crippen LogP contribution in [0.5, 0.6) is 0 Å². The number of piperazine rings is 1. The second-order valence-corrected chi connectivity index (χ2v) is 10.1. The number of ether oxygens (including phenoxy) is 1. The Bertz CT molecular complexity index is 1520. The van der Waals surface area contributed by atoms with Crippen molar-refractivity contribution in [2.24, 2.45) is 0 Å². The van der Waals surface area contributed by atoms with Crippen molar-refractivity contribution in [1.29, 1.82) is 0 Å². The molecule has 13 heteroatoms. The topological polar surface area (TPSA) is 126 Å². The molecule has 2 amide bonds. The Labute approximate surface area is 226 Å². The van der Waals surface area contributed by atoms with Crippen molar-refractivity contribution in [3.05, 3.63) is 69.4 Å². The fourth-order valence-electron chi connectivity index (χ4n) is 4.31. The van der Waals surface area contributed by atoms with Crippen molar-refractivity contribution in [3.8, 4) is 0 Å². The SMILES string of the molecule is CCOC(=O)C[C@H]1C(=O)NCCN1c1nc2ccccn2c(=O)c1/C=C1\SC(=S)N(Cc2ccco2)C1=O. The summed E-state index contributed by atoms with van der Waals surface area (Å²) in [5, 5.41) is 2.76. The number of anilines is 1. The van der Waals surface area contributed by atoms with E-state index in [1.54, 1.807) is 48.4 Å². The average Bonchev–Trinajstić information content (AvgIpc) is 3.51.